The fourth-order valence-electron chi connectivity index (χ4n) is 3.05. The summed E-state index contributed by atoms with van der Waals surface area (Å²) in [5.41, 5.74) is 5.02. The number of hydrogen-bond donors (Lipinski definition) is 1. The lowest BCUT2D eigenvalue weighted by Crippen LogP contribution is -2.45. The van der Waals surface area contributed by atoms with Crippen LogP contribution in [0.15, 0.2) is 60.7 Å². The Morgan fingerprint density at radius 2 is 1.76 bits per heavy atom. The van der Waals surface area contributed by atoms with Crippen LogP contribution < -0.4 is 10.4 Å². The van der Waals surface area contributed by atoms with Crippen molar-refractivity contribution in [1.82, 2.24) is 10.3 Å². The first kappa shape index (κ1) is 17.0. The Labute approximate surface area is 148 Å². The van der Waals surface area contributed by atoms with Gasteiger partial charge in [0.25, 0.3) is 0 Å². The minimum atomic E-state index is -0.297. The first-order valence-electron chi connectivity index (χ1n) is 8.62. The fraction of sp³-hybridized carbons (Fsp3) is 0.300. The van der Waals surface area contributed by atoms with Gasteiger partial charge >= 0.3 is 0 Å². The third-order valence-electron chi connectivity index (χ3n) is 4.46. The first-order chi connectivity index (χ1) is 12.2. The highest BCUT2D eigenvalue weighted by molar-refractivity contribution is 5.89. The molecule has 1 saturated heterocycles. The number of para-hydroxylation sites is 1. The van der Waals surface area contributed by atoms with Gasteiger partial charge in [0.1, 0.15) is 0 Å². The minimum Gasteiger partial charge on any atom is -0.342 e. The summed E-state index contributed by atoms with van der Waals surface area (Å²) in [7, 11) is 0. The molecule has 1 atom stereocenters. The van der Waals surface area contributed by atoms with Crippen LogP contribution in [0.3, 0.4) is 0 Å². The zero-order valence-electron chi connectivity index (χ0n) is 14.4. The van der Waals surface area contributed by atoms with Crippen molar-refractivity contribution in [2.45, 2.75) is 19.9 Å². The summed E-state index contributed by atoms with van der Waals surface area (Å²) in [6, 6.07) is 19.7. The third kappa shape index (κ3) is 4.18. The van der Waals surface area contributed by atoms with Crippen molar-refractivity contribution in [2.75, 3.05) is 18.1 Å². The van der Waals surface area contributed by atoms with E-state index in [0.29, 0.717) is 19.6 Å². The topological polar surface area (TPSA) is 52.7 Å². The van der Waals surface area contributed by atoms with Crippen LogP contribution in [-0.4, -0.2) is 29.8 Å². The van der Waals surface area contributed by atoms with Crippen LogP contribution in [-0.2, 0) is 16.1 Å². The van der Waals surface area contributed by atoms with Gasteiger partial charge in [-0.2, -0.15) is 0 Å². The summed E-state index contributed by atoms with van der Waals surface area (Å²) in [4.78, 5) is 26.3. The molecule has 0 saturated carbocycles. The number of anilines is 1. The zero-order chi connectivity index (χ0) is 17.6. The van der Waals surface area contributed by atoms with E-state index in [1.165, 1.54) is 0 Å². The van der Waals surface area contributed by atoms with E-state index >= 15 is 0 Å². The Morgan fingerprint density at radius 1 is 1.12 bits per heavy atom. The second-order valence-corrected chi connectivity index (χ2v) is 6.22. The van der Waals surface area contributed by atoms with Crippen molar-refractivity contribution in [3.8, 4) is 0 Å². The van der Waals surface area contributed by atoms with Crippen molar-refractivity contribution in [1.29, 1.82) is 0 Å². The van der Waals surface area contributed by atoms with Crippen molar-refractivity contribution < 1.29 is 9.59 Å². The van der Waals surface area contributed by atoms with Crippen LogP contribution >= 0.6 is 0 Å². The lowest BCUT2D eigenvalue weighted by atomic mass is 10.1. The van der Waals surface area contributed by atoms with E-state index in [1.807, 2.05) is 72.6 Å². The Balaban J connectivity index is 1.74. The standard InChI is InChI=1S/C20H23N3O2/c1-2-22-15-17(13-19(22)24)20(25)21-23(18-11-7-4-8-12-18)14-16-9-5-3-6-10-16/h3-12,17H,2,13-15H2,1H3,(H,21,25). The van der Waals surface area contributed by atoms with Gasteiger partial charge in [0.2, 0.25) is 11.8 Å². The van der Waals surface area contributed by atoms with E-state index < -0.39 is 0 Å². The molecular formula is C20H23N3O2. The monoisotopic (exact) mass is 337 g/mol. The Hall–Kier alpha value is -2.82. The Kier molecular flexibility index (Phi) is 5.33. The van der Waals surface area contributed by atoms with Crippen molar-refractivity contribution in [3.05, 3.63) is 66.2 Å². The van der Waals surface area contributed by atoms with E-state index in [4.69, 9.17) is 0 Å². The number of amides is 2. The number of rotatable bonds is 6. The molecular weight excluding hydrogens is 314 g/mol. The van der Waals surface area contributed by atoms with Crippen LogP contribution in [0.5, 0.6) is 0 Å². The fourth-order valence-corrected chi connectivity index (χ4v) is 3.05. The lowest BCUT2D eigenvalue weighted by molar-refractivity contribution is -0.128. The van der Waals surface area contributed by atoms with E-state index in [9.17, 15) is 9.59 Å². The molecule has 5 nitrogen and oxygen atoms in total. The number of carbonyl (C=O) groups is 2. The molecule has 130 valence electrons. The first-order valence-corrected chi connectivity index (χ1v) is 8.62. The maximum absolute atomic E-state index is 12.7. The highest BCUT2D eigenvalue weighted by atomic mass is 16.2. The lowest BCUT2D eigenvalue weighted by Gasteiger charge is -2.27. The number of carbonyl (C=O) groups excluding carboxylic acids is 2. The third-order valence-corrected chi connectivity index (χ3v) is 4.46. The number of nitrogens with zero attached hydrogens (tertiary/aromatic N) is 2. The molecule has 0 bridgehead atoms. The maximum Gasteiger partial charge on any atom is 0.243 e. The smallest absolute Gasteiger partial charge is 0.243 e. The summed E-state index contributed by atoms with van der Waals surface area (Å²) in [6.45, 7) is 3.64. The summed E-state index contributed by atoms with van der Waals surface area (Å²) < 4.78 is 0. The van der Waals surface area contributed by atoms with Crippen LogP contribution in [0, 0.1) is 5.92 Å². The van der Waals surface area contributed by atoms with Gasteiger partial charge in [-0.05, 0) is 24.6 Å². The number of likely N-dealkylation sites (tertiary alicyclic amines) is 1. The van der Waals surface area contributed by atoms with Gasteiger partial charge in [0.05, 0.1) is 18.2 Å². The van der Waals surface area contributed by atoms with Gasteiger partial charge in [0, 0.05) is 19.5 Å². The van der Waals surface area contributed by atoms with E-state index in [2.05, 4.69) is 5.43 Å². The van der Waals surface area contributed by atoms with Gasteiger partial charge in [0.15, 0.2) is 0 Å². The average molecular weight is 337 g/mol. The second-order valence-electron chi connectivity index (χ2n) is 6.22. The van der Waals surface area contributed by atoms with E-state index in [1.54, 1.807) is 4.90 Å². The second kappa shape index (κ2) is 7.83. The van der Waals surface area contributed by atoms with Crippen molar-refractivity contribution in [2.24, 2.45) is 5.92 Å². The molecule has 1 aliphatic rings. The summed E-state index contributed by atoms with van der Waals surface area (Å²) >= 11 is 0. The molecule has 1 heterocycles. The molecule has 1 N–H and O–H groups in total. The summed E-state index contributed by atoms with van der Waals surface area (Å²) in [6.07, 6.45) is 0.285. The van der Waals surface area contributed by atoms with Gasteiger partial charge < -0.3 is 4.90 Å². The highest BCUT2D eigenvalue weighted by Gasteiger charge is 2.34. The van der Waals surface area contributed by atoms with Gasteiger partial charge in [-0.15, -0.1) is 0 Å². The molecule has 1 unspecified atom stereocenters. The average Bonchev–Trinajstić information content (AvgIpc) is 3.04. The normalized spacial score (nSPS) is 16.8. The van der Waals surface area contributed by atoms with E-state index in [-0.39, 0.29) is 24.2 Å². The van der Waals surface area contributed by atoms with Gasteiger partial charge in [-0.3, -0.25) is 20.0 Å². The summed E-state index contributed by atoms with van der Waals surface area (Å²) in [5.74, 6) is -0.351. The number of benzene rings is 2. The van der Waals surface area contributed by atoms with Crippen LogP contribution in [0.4, 0.5) is 5.69 Å². The van der Waals surface area contributed by atoms with Crippen LogP contribution in [0.25, 0.3) is 0 Å². The zero-order valence-corrected chi connectivity index (χ0v) is 14.4. The van der Waals surface area contributed by atoms with Crippen molar-refractivity contribution >= 4 is 17.5 Å². The predicted molar refractivity (Wildman–Crippen MR) is 97.6 cm³/mol. The van der Waals surface area contributed by atoms with Crippen molar-refractivity contribution in [3.63, 3.8) is 0 Å². The van der Waals surface area contributed by atoms with Gasteiger partial charge in [-0.25, -0.2) is 0 Å². The molecule has 3 rings (SSSR count). The number of hydrazine groups is 1. The largest absolute Gasteiger partial charge is 0.342 e. The number of hydrogen-bond acceptors (Lipinski definition) is 3. The Morgan fingerprint density at radius 3 is 2.36 bits per heavy atom. The number of nitrogens with one attached hydrogen (secondary N) is 1. The molecule has 0 aromatic heterocycles. The van der Waals surface area contributed by atoms with Gasteiger partial charge in [-0.1, -0.05) is 48.5 Å². The quantitative estimate of drug-likeness (QED) is 0.825. The van der Waals surface area contributed by atoms with E-state index in [0.717, 1.165) is 11.3 Å². The predicted octanol–water partition coefficient (Wildman–Crippen LogP) is 2.59. The molecule has 25 heavy (non-hydrogen) atoms. The van der Waals surface area contributed by atoms with Crippen LogP contribution in [0.2, 0.25) is 0 Å². The molecule has 1 fully saturated rings. The summed E-state index contributed by atoms with van der Waals surface area (Å²) in [5, 5.41) is 1.84. The molecule has 2 aromatic carbocycles. The minimum absolute atomic E-state index is 0.0528. The highest BCUT2D eigenvalue weighted by Crippen LogP contribution is 2.20. The SMILES string of the molecule is CCN1CC(C(=O)NN(Cc2ccccc2)c2ccccc2)CC1=O. The van der Waals surface area contributed by atoms with Crippen LogP contribution in [0.1, 0.15) is 18.9 Å². The molecule has 2 aromatic rings. The molecule has 0 spiro atoms. The molecule has 2 amide bonds. The molecule has 0 aliphatic carbocycles. The molecule has 0 radical (unpaired) electrons. The molecule has 5 heteroatoms. The maximum atomic E-state index is 12.7. The molecule has 1 aliphatic heterocycles. The Bertz CT molecular complexity index is 718.